The van der Waals surface area contributed by atoms with Crippen molar-refractivity contribution in [1.82, 2.24) is 5.31 Å². The van der Waals surface area contributed by atoms with Crippen LogP contribution in [0.15, 0.2) is 24.3 Å². The van der Waals surface area contributed by atoms with Crippen molar-refractivity contribution in [3.05, 3.63) is 35.4 Å². The number of hydrogen-bond donors (Lipinski definition) is 1. The van der Waals surface area contributed by atoms with E-state index in [2.05, 4.69) is 24.3 Å². The number of nitrogens with one attached hydrogen (secondary N) is 1. The molecule has 3 rings (SSSR count). The maximum Gasteiger partial charge on any atom is 0.122 e. The van der Waals surface area contributed by atoms with Crippen LogP contribution in [0.4, 0.5) is 0 Å². The average molecular weight is 190 g/mol. The monoisotopic (exact) mass is 190 g/mol. The molecule has 1 fully saturated rings. The standard InChI is InChI=1S/C12H15NO/c1-2-4-11-10(3-1)9-14-12(11)5-7-13-8-6-12/h1-4,13H,5-9H2/i/hD. The van der Waals surface area contributed by atoms with Crippen LogP contribution in [0.2, 0.25) is 1.41 Å². The molecular weight excluding hydrogens is 174 g/mol. The Kier molecular flexibility index (Phi) is 1.63. The molecule has 2 heterocycles. The van der Waals surface area contributed by atoms with E-state index in [1.807, 2.05) is 0 Å². The first-order valence-corrected chi connectivity index (χ1v) is 5.26. The van der Waals surface area contributed by atoms with Crippen LogP contribution in [0.25, 0.3) is 0 Å². The number of hydrogen-bond acceptors (Lipinski definition) is 2. The van der Waals surface area contributed by atoms with Crippen molar-refractivity contribution in [2.75, 3.05) is 13.1 Å². The number of benzene rings is 1. The Morgan fingerprint density at radius 1 is 1.29 bits per heavy atom. The van der Waals surface area contributed by atoms with Crippen LogP contribution in [0.1, 0.15) is 24.0 Å². The van der Waals surface area contributed by atoms with Crippen LogP contribution in [0.5, 0.6) is 0 Å². The van der Waals surface area contributed by atoms with Gasteiger partial charge in [0.05, 0.1) is 12.2 Å². The summed E-state index contributed by atoms with van der Waals surface area (Å²) >= 11 is 0. The van der Waals surface area contributed by atoms with E-state index in [1.54, 1.807) is 5.31 Å². The smallest absolute Gasteiger partial charge is 0.122 e. The third-order valence-electron chi connectivity index (χ3n) is 3.36. The van der Waals surface area contributed by atoms with Gasteiger partial charge in [-0.25, -0.2) is 0 Å². The van der Waals surface area contributed by atoms with Gasteiger partial charge in [0.1, 0.15) is 1.41 Å². The fraction of sp³-hybridized carbons (Fsp3) is 0.500. The van der Waals surface area contributed by atoms with Crippen LogP contribution in [0, 0.1) is 0 Å². The molecule has 0 unspecified atom stereocenters. The van der Waals surface area contributed by atoms with E-state index in [9.17, 15) is 0 Å². The zero-order valence-corrected chi connectivity index (χ0v) is 8.20. The molecule has 2 aliphatic heterocycles. The molecule has 1 saturated heterocycles. The van der Waals surface area contributed by atoms with Gasteiger partial charge in [0.15, 0.2) is 0 Å². The van der Waals surface area contributed by atoms with Crippen molar-refractivity contribution in [3.63, 3.8) is 0 Å². The molecule has 0 amide bonds. The summed E-state index contributed by atoms with van der Waals surface area (Å²) in [5, 5.41) is 1.63. The number of piperidine rings is 1. The summed E-state index contributed by atoms with van der Waals surface area (Å²) in [4.78, 5) is 0. The second kappa shape index (κ2) is 3.07. The second-order valence-corrected chi connectivity index (χ2v) is 4.11. The van der Waals surface area contributed by atoms with Gasteiger partial charge in [0.2, 0.25) is 0 Å². The Hall–Kier alpha value is -0.860. The molecule has 2 heteroatoms. The molecule has 1 N–H and O–H groups in total. The maximum atomic E-state index is 7.58. The predicted molar refractivity (Wildman–Crippen MR) is 55.0 cm³/mol. The van der Waals surface area contributed by atoms with Crippen LogP contribution >= 0.6 is 0 Å². The van der Waals surface area contributed by atoms with Gasteiger partial charge in [-0.1, -0.05) is 24.3 Å². The van der Waals surface area contributed by atoms with Crippen LogP contribution in [-0.4, -0.2) is 13.1 Å². The van der Waals surface area contributed by atoms with Crippen molar-refractivity contribution < 1.29 is 6.15 Å². The van der Waals surface area contributed by atoms with E-state index in [-0.39, 0.29) is 5.60 Å². The molecule has 1 spiro atoms. The highest BCUT2D eigenvalue weighted by atomic mass is 16.5. The van der Waals surface area contributed by atoms with Crippen LogP contribution in [0.3, 0.4) is 0 Å². The Balaban J connectivity index is 1.95. The van der Waals surface area contributed by atoms with E-state index in [1.165, 1.54) is 11.1 Å². The molecule has 1 aromatic rings. The van der Waals surface area contributed by atoms with E-state index >= 15 is 0 Å². The minimum absolute atomic E-state index is 0.0753. The van der Waals surface area contributed by atoms with Gasteiger partial charge in [0.25, 0.3) is 0 Å². The van der Waals surface area contributed by atoms with Gasteiger partial charge >= 0.3 is 0 Å². The zero-order chi connectivity index (χ0) is 10.3. The largest absolute Gasteiger partial charge is 0.365 e. The van der Waals surface area contributed by atoms with E-state index < -0.39 is 0 Å². The molecule has 2 nitrogen and oxygen atoms in total. The summed E-state index contributed by atoms with van der Waals surface area (Å²) < 4.78 is 13.6. The number of rotatable bonds is 0. The summed E-state index contributed by atoms with van der Waals surface area (Å²) in [5.74, 6) is 0. The van der Waals surface area contributed by atoms with Crippen LogP contribution < -0.4 is 5.31 Å². The lowest BCUT2D eigenvalue weighted by Crippen LogP contribution is -2.39. The third kappa shape index (κ3) is 1.11. The molecule has 0 atom stereocenters. The molecule has 0 radical (unpaired) electrons. The van der Waals surface area contributed by atoms with Gasteiger partial charge in [-0.15, -0.1) is 0 Å². The molecule has 0 saturated carbocycles. The highest BCUT2D eigenvalue weighted by Crippen LogP contribution is 2.42. The van der Waals surface area contributed by atoms with E-state index in [4.69, 9.17) is 6.15 Å². The van der Waals surface area contributed by atoms with E-state index in [0.29, 0.717) is 0 Å². The SMILES string of the molecule is [2H]N1CCC2(CC1)OCc1ccccc12. The van der Waals surface area contributed by atoms with Crippen molar-refractivity contribution in [1.29, 1.82) is 0 Å². The summed E-state index contributed by atoms with van der Waals surface area (Å²) in [6.45, 7) is 2.37. The Morgan fingerprint density at radius 2 is 2.07 bits per heavy atom. The van der Waals surface area contributed by atoms with Crippen molar-refractivity contribution in [3.8, 4) is 0 Å². The minimum atomic E-state index is -0.0753. The molecule has 0 bridgehead atoms. The summed E-state index contributed by atoms with van der Waals surface area (Å²) in [6, 6.07) is 8.49. The Labute approximate surface area is 85.7 Å². The third-order valence-corrected chi connectivity index (χ3v) is 3.36. The number of ether oxygens (including phenoxy) is 1. The van der Waals surface area contributed by atoms with Gasteiger partial charge in [-0.2, -0.15) is 0 Å². The molecule has 0 aliphatic carbocycles. The fourth-order valence-electron chi connectivity index (χ4n) is 2.55. The lowest BCUT2D eigenvalue weighted by molar-refractivity contribution is -0.0590. The van der Waals surface area contributed by atoms with Gasteiger partial charge < -0.3 is 10.0 Å². The molecule has 2 aliphatic rings. The molecular formula is C12H15NO. The normalized spacial score (nSPS) is 26.1. The highest BCUT2D eigenvalue weighted by Gasteiger charge is 2.40. The highest BCUT2D eigenvalue weighted by molar-refractivity contribution is 5.35. The molecule has 0 aromatic heterocycles. The summed E-state index contributed by atoms with van der Waals surface area (Å²) in [5.41, 5.74) is 2.61. The van der Waals surface area contributed by atoms with E-state index in [0.717, 1.165) is 32.5 Å². The molecule has 1 aromatic carbocycles. The summed E-state index contributed by atoms with van der Waals surface area (Å²) in [7, 11) is 0. The maximum absolute atomic E-state index is 7.58. The first-order valence-electron chi connectivity index (χ1n) is 5.71. The second-order valence-electron chi connectivity index (χ2n) is 4.11. The molecule has 74 valence electrons. The average Bonchev–Trinajstić information content (AvgIpc) is 2.63. The van der Waals surface area contributed by atoms with Gasteiger partial charge in [0, 0.05) is 0 Å². The quantitative estimate of drug-likeness (QED) is 0.673. The number of fused-ring (bicyclic) bond motifs is 2. The first kappa shape index (κ1) is 7.43. The van der Waals surface area contributed by atoms with Gasteiger partial charge in [-0.05, 0) is 37.1 Å². The van der Waals surface area contributed by atoms with Crippen molar-refractivity contribution >= 4 is 0 Å². The first-order chi connectivity index (χ1) is 7.30. The Bertz CT molecular complexity index is 372. The lowest BCUT2D eigenvalue weighted by atomic mass is 9.84. The fourth-order valence-corrected chi connectivity index (χ4v) is 2.55. The van der Waals surface area contributed by atoms with Crippen molar-refractivity contribution in [2.45, 2.75) is 25.0 Å². The predicted octanol–water partition coefficient (Wildman–Crippen LogP) is 1.80. The molecule has 14 heavy (non-hydrogen) atoms. The Morgan fingerprint density at radius 3 is 2.93 bits per heavy atom. The lowest BCUT2D eigenvalue weighted by Gasteiger charge is -2.33. The minimum Gasteiger partial charge on any atom is -0.365 e. The topological polar surface area (TPSA) is 21.3 Å². The van der Waals surface area contributed by atoms with Crippen LogP contribution in [-0.2, 0) is 16.9 Å². The zero-order valence-electron chi connectivity index (χ0n) is 9.20. The van der Waals surface area contributed by atoms with Crippen molar-refractivity contribution in [2.24, 2.45) is 0 Å². The van der Waals surface area contributed by atoms with Gasteiger partial charge in [-0.3, -0.25) is 0 Å². The summed E-state index contributed by atoms with van der Waals surface area (Å²) in [6.07, 6.45) is 1.90.